The summed E-state index contributed by atoms with van der Waals surface area (Å²) in [5, 5.41) is 8.29. The number of hydrogen-bond acceptors (Lipinski definition) is 2. The Labute approximate surface area is 249 Å². The van der Waals surface area contributed by atoms with Crippen LogP contribution in [0.2, 0.25) is 0 Å². The number of rotatable bonds is 11. The molecule has 6 rings (SSSR count). The molecule has 0 aliphatic rings. The van der Waals surface area contributed by atoms with Gasteiger partial charge in [0.1, 0.15) is 0 Å². The van der Waals surface area contributed by atoms with Gasteiger partial charge in [0.15, 0.2) is 0 Å². The molecular formula is C40H36N2. The van der Waals surface area contributed by atoms with Crippen LogP contribution in [0.3, 0.4) is 0 Å². The zero-order valence-electron chi connectivity index (χ0n) is 23.6. The number of nitrogens with one attached hydrogen (secondary N) is 2. The zero-order valence-corrected chi connectivity index (χ0v) is 23.6. The van der Waals surface area contributed by atoms with E-state index in [0.717, 1.165) is 0 Å². The number of benzene rings is 6. The summed E-state index contributed by atoms with van der Waals surface area (Å²) < 4.78 is 0. The molecule has 0 aliphatic heterocycles. The molecule has 0 fully saturated rings. The van der Waals surface area contributed by atoms with Gasteiger partial charge in [-0.15, -0.1) is 0 Å². The molecular weight excluding hydrogens is 508 g/mol. The third-order valence-corrected chi connectivity index (χ3v) is 7.87. The van der Waals surface area contributed by atoms with Crippen LogP contribution in [0.25, 0.3) is 0 Å². The highest BCUT2D eigenvalue weighted by atomic mass is 15.1. The normalized spacial score (nSPS) is 12.7. The van der Waals surface area contributed by atoms with E-state index in [0.29, 0.717) is 0 Å². The second kappa shape index (κ2) is 13.7. The lowest BCUT2D eigenvalue weighted by atomic mass is 9.88. The van der Waals surface area contributed by atoms with E-state index in [1.54, 1.807) is 0 Å². The van der Waals surface area contributed by atoms with E-state index in [1.165, 1.54) is 33.4 Å². The summed E-state index contributed by atoms with van der Waals surface area (Å²) in [7, 11) is 0. The van der Waals surface area contributed by atoms with Crippen LogP contribution in [-0.4, -0.2) is 0 Å². The molecule has 0 bridgehead atoms. The first-order chi connectivity index (χ1) is 20.9. The monoisotopic (exact) mass is 544 g/mol. The first-order valence-corrected chi connectivity index (χ1v) is 14.7. The maximum Gasteiger partial charge on any atom is 0.0582 e. The molecule has 206 valence electrons. The van der Waals surface area contributed by atoms with Crippen LogP contribution in [0.5, 0.6) is 0 Å². The molecule has 2 atom stereocenters. The second-order valence-corrected chi connectivity index (χ2v) is 10.6. The Morgan fingerprint density at radius 1 is 0.238 bits per heavy atom. The first-order valence-electron chi connectivity index (χ1n) is 14.7. The third kappa shape index (κ3) is 6.58. The summed E-state index contributed by atoms with van der Waals surface area (Å²) >= 11 is 0. The molecule has 0 radical (unpaired) electrons. The molecule has 2 unspecified atom stereocenters. The molecule has 0 heterocycles. The summed E-state index contributed by atoms with van der Waals surface area (Å²) in [6.45, 7) is 0. The van der Waals surface area contributed by atoms with E-state index in [9.17, 15) is 0 Å². The van der Waals surface area contributed by atoms with E-state index in [-0.39, 0.29) is 24.2 Å². The largest absolute Gasteiger partial charge is 0.298 e. The van der Waals surface area contributed by atoms with Crippen LogP contribution < -0.4 is 10.6 Å². The predicted molar refractivity (Wildman–Crippen MR) is 174 cm³/mol. The summed E-state index contributed by atoms with van der Waals surface area (Å²) in [6.07, 6.45) is 0. The van der Waals surface area contributed by atoms with Crippen LogP contribution in [-0.2, 0) is 0 Å². The van der Waals surface area contributed by atoms with E-state index >= 15 is 0 Å². The van der Waals surface area contributed by atoms with Crippen LogP contribution in [0.4, 0.5) is 0 Å². The van der Waals surface area contributed by atoms with Crippen molar-refractivity contribution in [1.82, 2.24) is 10.6 Å². The Morgan fingerprint density at radius 2 is 0.429 bits per heavy atom. The Balaban J connectivity index is 1.49. The van der Waals surface area contributed by atoms with Crippen LogP contribution in [0.1, 0.15) is 57.5 Å². The molecule has 0 amide bonds. The van der Waals surface area contributed by atoms with E-state index in [1.807, 2.05) is 0 Å². The standard InChI is InChI=1S/C40H36N2/c1-7-19-31(20-8-1)37(32-21-9-2-10-22-32)41-39(35-27-15-5-16-28-35)40(36-29-17-6-18-30-36)42-38(33-23-11-3-12-24-33)34-25-13-4-14-26-34/h1-30,37-42H. The SMILES string of the molecule is c1ccc(C(NC(c2ccccc2)C(NC(c2ccccc2)c2ccccc2)c2ccccc2)c2ccccc2)cc1. The third-order valence-electron chi connectivity index (χ3n) is 7.87. The lowest BCUT2D eigenvalue weighted by molar-refractivity contribution is 0.346. The average Bonchev–Trinajstić information content (AvgIpc) is 3.09. The van der Waals surface area contributed by atoms with Gasteiger partial charge in [-0.2, -0.15) is 0 Å². The van der Waals surface area contributed by atoms with E-state index in [2.05, 4.69) is 193 Å². The van der Waals surface area contributed by atoms with Gasteiger partial charge in [-0.3, -0.25) is 10.6 Å². The molecule has 0 saturated carbocycles. The van der Waals surface area contributed by atoms with Crippen molar-refractivity contribution in [3.63, 3.8) is 0 Å². The fourth-order valence-corrected chi connectivity index (χ4v) is 5.80. The lowest BCUT2D eigenvalue weighted by Crippen LogP contribution is -2.39. The maximum absolute atomic E-state index is 4.15. The highest BCUT2D eigenvalue weighted by Gasteiger charge is 2.31. The first kappa shape index (κ1) is 27.4. The van der Waals surface area contributed by atoms with Gasteiger partial charge in [0.2, 0.25) is 0 Å². The van der Waals surface area contributed by atoms with Crippen molar-refractivity contribution in [3.8, 4) is 0 Å². The number of hydrogen-bond donors (Lipinski definition) is 2. The minimum absolute atomic E-state index is 0.00230. The van der Waals surface area contributed by atoms with Crippen molar-refractivity contribution in [2.75, 3.05) is 0 Å². The van der Waals surface area contributed by atoms with E-state index in [4.69, 9.17) is 0 Å². The van der Waals surface area contributed by atoms with Crippen LogP contribution >= 0.6 is 0 Å². The maximum atomic E-state index is 4.15. The Kier molecular flexibility index (Phi) is 8.96. The smallest absolute Gasteiger partial charge is 0.0582 e. The molecule has 6 aromatic carbocycles. The van der Waals surface area contributed by atoms with Gasteiger partial charge in [-0.1, -0.05) is 182 Å². The highest BCUT2D eigenvalue weighted by Crippen LogP contribution is 2.37. The van der Waals surface area contributed by atoms with Gasteiger partial charge in [-0.05, 0) is 33.4 Å². The van der Waals surface area contributed by atoms with Crippen molar-refractivity contribution in [3.05, 3.63) is 215 Å². The molecule has 42 heavy (non-hydrogen) atoms. The molecule has 0 spiro atoms. The molecule has 0 aliphatic carbocycles. The van der Waals surface area contributed by atoms with Crippen LogP contribution in [0, 0.1) is 0 Å². The average molecular weight is 545 g/mol. The highest BCUT2D eigenvalue weighted by molar-refractivity contribution is 5.37. The van der Waals surface area contributed by atoms with Gasteiger partial charge in [0.05, 0.1) is 24.2 Å². The Hall–Kier alpha value is -4.76. The van der Waals surface area contributed by atoms with Crippen molar-refractivity contribution < 1.29 is 0 Å². The van der Waals surface area contributed by atoms with Crippen LogP contribution in [0.15, 0.2) is 182 Å². The molecule has 6 aromatic rings. The van der Waals surface area contributed by atoms with Gasteiger partial charge in [0, 0.05) is 0 Å². The summed E-state index contributed by atoms with van der Waals surface area (Å²) in [4.78, 5) is 0. The van der Waals surface area contributed by atoms with Gasteiger partial charge >= 0.3 is 0 Å². The van der Waals surface area contributed by atoms with Crippen molar-refractivity contribution in [2.24, 2.45) is 0 Å². The topological polar surface area (TPSA) is 24.1 Å². The quantitative estimate of drug-likeness (QED) is 0.170. The van der Waals surface area contributed by atoms with Gasteiger partial charge < -0.3 is 0 Å². The molecule has 2 heteroatoms. The van der Waals surface area contributed by atoms with E-state index < -0.39 is 0 Å². The summed E-state index contributed by atoms with van der Waals surface area (Å²) in [5.74, 6) is 0. The molecule has 2 nitrogen and oxygen atoms in total. The second-order valence-electron chi connectivity index (χ2n) is 10.6. The van der Waals surface area contributed by atoms with Crippen molar-refractivity contribution in [1.29, 1.82) is 0 Å². The van der Waals surface area contributed by atoms with Gasteiger partial charge in [0.25, 0.3) is 0 Å². The molecule has 0 aromatic heterocycles. The Bertz CT molecular complexity index is 1400. The minimum atomic E-state index is -0.0473. The fourth-order valence-electron chi connectivity index (χ4n) is 5.80. The fraction of sp³-hybridized carbons (Fsp3) is 0.100. The molecule has 2 N–H and O–H groups in total. The zero-order chi connectivity index (χ0) is 28.4. The molecule has 0 saturated heterocycles. The van der Waals surface area contributed by atoms with Gasteiger partial charge in [-0.25, -0.2) is 0 Å². The lowest BCUT2D eigenvalue weighted by Gasteiger charge is -2.36. The van der Waals surface area contributed by atoms with Crippen molar-refractivity contribution in [2.45, 2.75) is 24.2 Å². The Morgan fingerprint density at radius 3 is 0.643 bits per heavy atom. The van der Waals surface area contributed by atoms with Crippen molar-refractivity contribution >= 4 is 0 Å². The minimum Gasteiger partial charge on any atom is -0.298 e. The summed E-state index contributed by atoms with van der Waals surface area (Å²) in [5.41, 5.74) is 7.41. The summed E-state index contributed by atoms with van der Waals surface area (Å²) in [6, 6.07) is 64.6. The predicted octanol–water partition coefficient (Wildman–Crippen LogP) is 9.23.